The van der Waals surface area contributed by atoms with Crippen LogP contribution in [0.25, 0.3) is 0 Å². The van der Waals surface area contributed by atoms with Gasteiger partial charge >= 0.3 is 0 Å². The van der Waals surface area contributed by atoms with Gasteiger partial charge in [0.15, 0.2) is 11.6 Å². The van der Waals surface area contributed by atoms with E-state index in [1.807, 2.05) is 13.8 Å². The number of rotatable bonds is 6. The van der Waals surface area contributed by atoms with E-state index in [0.717, 1.165) is 0 Å². The normalized spacial score (nSPS) is 14.4. The number of aliphatic hydroxyl groups is 1. The second-order valence-electron chi connectivity index (χ2n) is 3.71. The van der Waals surface area contributed by atoms with Crippen molar-refractivity contribution < 1.29 is 19.0 Å². The highest BCUT2D eigenvalue weighted by atomic mass is 19.1. The molecular weight excluding hydrogens is 223 g/mol. The van der Waals surface area contributed by atoms with Gasteiger partial charge in [-0.05, 0) is 19.4 Å². The summed E-state index contributed by atoms with van der Waals surface area (Å²) in [5, 5.41) is 10.1. The average Bonchev–Trinajstić information content (AvgIpc) is 2.35. The molecule has 0 aliphatic rings. The molecule has 1 aromatic rings. The third kappa shape index (κ3) is 3.17. The van der Waals surface area contributed by atoms with Gasteiger partial charge in [-0.3, -0.25) is 0 Å². The summed E-state index contributed by atoms with van der Waals surface area (Å²) >= 11 is 0. The summed E-state index contributed by atoms with van der Waals surface area (Å²) in [6.07, 6.45) is -0.761. The molecule has 3 nitrogen and oxygen atoms in total. The molecular formula is C13H19FO3. The molecule has 0 saturated carbocycles. The van der Waals surface area contributed by atoms with Crippen molar-refractivity contribution in [2.45, 2.75) is 32.5 Å². The average molecular weight is 242 g/mol. The molecule has 1 aromatic carbocycles. The quantitative estimate of drug-likeness (QED) is 0.833. The number of halogens is 1. The number of methoxy groups -OCH3 is 1. The Morgan fingerprint density at radius 2 is 2.06 bits per heavy atom. The van der Waals surface area contributed by atoms with E-state index in [0.29, 0.717) is 13.0 Å². The summed E-state index contributed by atoms with van der Waals surface area (Å²) < 4.78 is 24.2. The largest absolute Gasteiger partial charge is 0.494 e. The van der Waals surface area contributed by atoms with E-state index < -0.39 is 18.0 Å². The highest BCUT2D eigenvalue weighted by Crippen LogP contribution is 2.28. The maximum absolute atomic E-state index is 13.9. The van der Waals surface area contributed by atoms with Gasteiger partial charge in [0.1, 0.15) is 6.10 Å². The van der Waals surface area contributed by atoms with Crippen LogP contribution in [0, 0.1) is 5.82 Å². The fourth-order valence-electron chi connectivity index (χ4n) is 1.76. The highest BCUT2D eigenvalue weighted by Gasteiger charge is 2.24. The van der Waals surface area contributed by atoms with Crippen molar-refractivity contribution in [2.24, 2.45) is 0 Å². The standard InChI is InChI=1S/C13H19FO3/c1-4-10(17-5-2)13(15)9-7-6-8-11(16-3)12(9)14/h6-8,10,13,15H,4-5H2,1-3H3. The molecule has 1 N–H and O–H groups in total. The minimum Gasteiger partial charge on any atom is -0.494 e. The predicted molar refractivity (Wildman–Crippen MR) is 63.6 cm³/mol. The van der Waals surface area contributed by atoms with Gasteiger partial charge < -0.3 is 14.6 Å². The van der Waals surface area contributed by atoms with E-state index in [2.05, 4.69) is 0 Å². The first-order valence-electron chi connectivity index (χ1n) is 5.77. The molecule has 0 fully saturated rings. The Bertz CT molecular complexity index is 355. The molecule has 0 amide bonds. The molecule has 0 heterocycles. The fraction of sp³-hybridized carbons (Fsp3) is 0.538. The molecule has 0 radical (unpaired) electrons. The zero-order valence-corrected chi connectivity index (χ0v) is 10.4. The SMILES string of the molecule is CCOC(CC)C(O)c1cccc(OC)c1F. The number of hydrogen-bond donors (Lipinski definition) is 1. The highest BCUT2D eigenvalue weighted by molar-refractivity contribution is 5.32. The summed E-state index contributed by atoms with van der Waals surface area (Å²) in [6, 6.07) is 4.72. The summed E-state index contributed by atoms with van der Waals surface area (Å²) in [5.74, 6) is -0.395. The molecule has 0 aliphatic carbocycles. The van der Waals surface area contributed by atoms with Crippen molar-refractivity contribution in [1.82, 2.24) is 0 Å². The van der Waals surface area contributed by atoms with Crippen LogP contribution in [0.15, 0.2) is 18.2 Å². The smallest absolute Gasteiger partial charge is 0.170 e. The zero-order chi connectivity index (χ0) is 12.8. The summed E-state index contributed by atoms with van der Waals surface area (Å²) in [6.45, 7) is 4.22. The number of ether oxygens (including phenoxy) is 2. The summed E-state index contributed by atoms with van der Waals surface area (Å²) in [5.41, 5.74) is 0.213. The van der Waals surface area contributed by atoms with Crippen LogP contribution in [-0.2, 0) is 4.74 Å². The Labute approximate surface area is 101 Å². The van der Waals surface area contributed by atoms with Crippen molar-refractivity contribution in [2.75, 3.05) is 13.7 Å². The van der Waals surface area contributed by atoms with Crippen LogP contribution in [0.1, 0.15) is 31.9 Å². The van der Waals surface area contributed by atoms with Crippen molar-refractivity contribution in [3.63, 3.8) is 0 Å². The Morgan fingerprint density at radius 3 is 2.59 bits per heavy atom. The second kappa shape index (κ2) is 6.57. The molecule has 1 rings (SSSR count). The Hall–Kier alpha value is -1.13. The van der Waals surface area contributed by atoms with Crippen LogP contribution < -0.4 is 4.74 Å². The van der Waals surface area contributed by atoms with Gasteiger partial charge in [-0.25, -0.2) is 4.39 Å². The van der Waals surface area contributed by atoms with E-state index >= 15 is 0 Å². The number of aliphatic hydroxyl groups excluding tert-OH is 1. The number of hydrogen-bond acceptors (Lipinski definition) is 3. The van der Waals surface area contributed by atoms with E-state index in [1.165, 1.54) is 13.2 Å². The number of benzene rings is 1. The molecule has 0 spiro atoms. The molecule has 0 bridgehead atoms. The summed E-state index contributed by atoms with van der Waals surface area (Å²) in [4.78, 5) is 0. The van der Waals surface area contributed by atoms with Crippen molar-refractivity contribution in [3.05, 3.63) is 29.6 Å². The van der Waals surface area contributed by atoms with E-state index in [9.17, 15) is 9.50 Å². The van der Waals surface area contributed by atoms with Gasteiger partial charge in [-0.1, -0.05) is 19.1 Å². The molecule has 0 aliphatic heterocycles. The van der Waals surface area contributed by atoms with Gasteiger partial charge in [0.25, 0.3) is 0 Å². The maximum atomic E-state index is 13.9. The van der Waals surface area contributed by atoms with Gasteiger partial charge in [-0.2, -0.15) is 0 Å². The Kier molecular flexibility index (Phi) is 5.38. The first-order valence-corrected chi connectivity index (χ1v) is 5.77. The van der Waals surface area contributed by atoms with Crippen molar-refractivity contribution >= 4 is 0 Å². The summed E-state index contributed by atoms with van der Waals surface area (Å²) in [7, 11) is 1.40. The minimum absolute atomic E-state index is 0.132. The van der Waals surface area contributed by atoms with Gasteiger partial charge in [-0.15, -0.1) is 0 Å². The second-order valence-corrected chi connectivity index (χ2v) is 3.71. The maximum Gasteiger partial charge on any atom is 0.170 e. The van der Waals surface area contributed by atoms with Crippen molar-refractivity contribution in [3.8, 4) is 5.75 Å². The lowest BCUT2D eigenvalue weighted by atomic mass is 10.0. The molecule has 4 heteroatoms. The van der Waals surface area contributed by atoms with Crippen LogP contribution >= 0.6 is 0 Å². The van der Waals surface area contributed by atoms with E-state index in [-0.39, 0.29) is 11.3 Å². The topological polar surface area (TPSA) is 38.7 Å². The third-order valence-corrected chi connectivity index (χ3v) is 2.67. The van der Waals surface area contributed by atoms with Crippen LogP contribution in [0.3, 0.4) is 0 Å². The molecule has 0 saturated heterocycles. The predicted octanol–water partition coefficient (Wildman–Crippen LogP) is 2.68. The minimum atomic E-state index is -0.977. The lowest BCUT2D eigenvalue weighted by Crippen LogP contribution is -2.22. The van der Waals surface area contributed by atoms with Crippen LogP contribution in [0.2, 0.25) is 0 Å². The van der Waals surface area contributed by atoms with Crippen LogP contribution in [-0.4, -0.2) is 24.9 Å². The fourth-order valence-corrected chi connectivity index (χ4v) is 1.76. The van der Waals surface area contributed by atoms with Crippen LogP contribution in [0.5, 0.6) is 5.75 Å². The van der Waals surface area contributed by atoms with Gasteiger partial charge in [0.05, 0.1) is 13.2 Å². The molecule has 0 aromatic heterocycles. The molecule has 96 valence electrons. The molecule has 2 unspecified atom stereocenters. The first kappa shape index (κ1) is 13.9. The van der Waals surface area contributed by atoms with Crippen molar-refractivity contribution in [1.29, 1.82) is 0 Å². The lowest BCUT2D eigenvalue weighted by molar-refractivity contribution is -0.0370. The van der Waals surface area contributed by atoms with E-state index in [4.69, 9.17) is 9.47 Å². The van der Waals surface area contributed by atoms with Gasteiger partial charge in [0, 0.05) is 12.2 Å². The monoisotopic (exact) mass is 242 g/mol. The van der Waals surface area contributed by atoms with Crippen LogP contribution in [0.4, 0.5) is 4.39 Å². The third-order valence-electron chi connectivity index (χ3n) is 2.67. The van der Waals surface area contributed by atoms with E-state index in [1.54, 1.807) is 12.1 Å². The zero-order valence-electron chi connectivity index (χ0n) is 10.4. The molecule has 17 heavy (non-hydrogen) atoms. The molecule has 2 atom stereocenters. The lowest BCUT2D eigenvalue weighted by Gasteiger charge is -2.22. The Balaban J connectivity index is 2.98. The first-order chi connectivity index (χ1) is 8.15. The van der Waals surface area contributed by atoms with Gasteiger partial charge in [0.2, 0.25) is 0 Å². The Morgan fingerprint density at radius 1 is 1.35 bits per heavy atom.